The Bertz CT molecular complexity index is 2650. The molecule has 0 radical (unpaired) electrons. The summed E-state index contributed by atoms with van der Waals surface area (Å²) in [5.74, 6) is 1.93. The van der Waals surface area contributed by atoms with E-state index in [1.54, 1.807) is 0 Å². The molecule has 0 aliphatic rings. The van der Waals surface area contributed by atoms with Crippen LogP contribution in [0.5, 0.6) is 0 Å². The third kappa shape index (κ3) is 7.10. The molecule has 2 heterocycles. The zero-order valence-corrected chi connectivity index (χ0v) is 33.5. The molecule has 0 aliphatic heterocycles. The molecule has 8 aromatic rings. The summed E-state index contributed by atoms with van der Waals surface area (Å²) < 4.78 is 6.91. The van der Waals surface area contributed by atoms with Crippen molar-refractivity contribution in [3.8, 4) is 56.4 Å². The zero-order valence-electron chi connectivity index (χ0n) is 33.5. The van der Waals surface area contributed by atoms with Gasteiger partial charge in [-0.05, 0) is 62.3 Å². The molecule has 55 heavy (non-hydrogen) atoms. The number of benzene rings is 6. The summed E-state index contributed by atoms with van der Waals surface area (Å²) in [5, 5.41) is 2.34. The van der Waals surface area contributed by atoms with Crippen LogP contribution in [0.2, 0.25) is 0 Å². The fourth-order valence-corrected chi connectivity index (χ4v) is 7.30. The molecule has 4 nitrogen and oxygen atoms in total. The van der Waals surface area contributed by atoms with Crippen molar-refractivity contribution >= 4 is 21.9 Å². The van der Waals surface area contributed by atoms with Gasteiger partial charge in [0, 0.05) is 38.6 Å². The highest BCUT2D eigenvalue weighted by Crippen LogP contribution is 2.44. The summed E-state index contributed by atoms with van der Waals surface area (Å²) in [6.45, 7) is 20.5. The van der Waals surface area contributed by atoms with E-state index in [1.807, 2.05) is 36.4 Å². The molecule has 0 aliphatic carbocycles. The molecule has 0 N–H and O–H groups in total. The Kier molecular flexibility index (Phi) is 8.84. The van der Waals surface area contributed by atoms with Gasteiger partial charge in [0.15, 0.2) is 17.5 Å². The highest BCUT2D eigenvalue weighted by atomic mass is 16.3. The average molecular weight is 720 g/mol. The van der Waals surface area contributed by atoms with Crippen LogP contribution in [0, 0.1) is 0 Å². The minimum absolute atomic E-state index is 0.00103. The lowest BCUT2D eigenvalue weighted by Crippen LogP contribution is -2.16. The highest BCUT2D eigenvalue weighted by molar-refractivity contribution is 6.09. The predicted octanol–water partition coefficient (Wildman–Crippen LogP) is 14.0. The van der Waals surface area contributed by atoms with Gasteiger partial charge in [0.2, 0.25) is 0 Å². The Balaban J connectivity index is 1.24. The summed E-state index contributed by atoms with van der Waals surface area (Å²) in [6.07, 6.45) is 0. The van der Waals surface area contributed by atoms with Gasteiger partial charge >= 0.3 is 0 Å². The molecular weight excluding hydrogens is 671 g/mol. The van der Waals surface area contributed by atoms with Crippen LogP contribution in [-0.2, 0) is 16.2 Å². The van der Waals surface area contributed by atoms with Crippen LogP contribution in [0.1, 0.15) is 79.0 Å². The summed E-state index contributed by atoms with van der Waals surface area (Å²) >= 11 is 0. The number of aromatic nitrogens is 3. The van der Waals surface area contributed by atoms with Gasteiger partial charge in [-0.15, -0.1) is 0 Å². The van der Waals surface area contributed by atoms with Crippen molar-refractivity contribution in [2.24, 2.45) is 0 Å². The molecule has 274 valence electrons. The van der Waals surface area contributed by atoms with Gasteiger partial charge in [-0.3, -0.25) is 0 Å². The Morgan fingerprint density at radius 2 is 0.709 bits per heavy atom. The number of hydrogen-bond donors (Lipinski definition) is 0. The minimum Gasteiger partial charge on any atom is -0.455 e. The monoisotopic (exact) mass is 719 g/mol. The van der Waals surface area contributed by atoms with Crippen LogP contribution in [-0.4, -0.2) is 15.0 Å². The average Bonchev–Trinajstić information content (AvgIpc) is 3.55. The van der Waals surface area contributed by atoms with Crippen LogP contribution in [0.15, 0.2) is 138 Å². The Labute approximate surface area is 325 Å². The van der Waals surface area contributed by atoms with Crippen molar-refractivity contribution in [3.63, 3.8) is 0 Å². The van der Waals surface area contributed by atoms with E-state index >= 15 is 0 Å². The second-order valence-corrected chi connectivity index (χ2v) is 17.8. The molecule has 0 saturated heterocycles. The van der Waals surface area contributed by atoms with Crippen LogP contribution < -0.4 is 0 Å². The first-order valence-electron chi connectivity index (χ1n) is 19.3. The first-order valence-corrected chi connectivity index (χ1v) is 19.3. The largest absolute Gasteiger partial charge is 0.455 e. The third-order valence-corrected chi connectivity index (χ3v) is 10.5. The van der Waals surface area contributed by atoms with Gasteiger partial charge in [-0.1, -0.05) is 178 Å². The maximum absolute atomic E-state index is 6.91. The topological polar surface area (TPSA) is 51.8 Å². The normalized spacial score (nSPS) is 12.5. The number of furan rings is 1. The molecule has 0 spiro atoms. The number of rotatable bonds is 5. The van der Waals surface area contributed by atoms with Crippen molar-refractivity contribution in [3.05, 3.63) is 150 Å². The molecule has 6 aromatic carbocycles. The van der Waals surface area contributed by atoms with E-state index in [0.717, 1.165) is 49.9 Å². The van der Waals surface area contributed by atoms with Gasteiger partial charge in [0.05, 0.1) is 0 Å². The van der Waals surface area contributed by atoms with Crippen molar-refractivity contribution < 1.29 is 4.42 Å². The van der Waals surface area contributed by atoms with Crippen LogP contribution >= 0.6 is 0 Å². The third-order valence-electron chi connectivity index (χ3n) is 10.5. The molecule has 4 heteroatoms. The van der Waals surface area contributed by atoms with E-state index in [1.165, 1.54) is 27.6 Å². The number of nitrogens with zero attached hydrogens (tertiary/aromatic N) is 3. The van der Waals surface area contributed by atoms with Crippen LogP contribution in [0.4, 0.5) is 0 Å². The van der Waals surface area contributed by atoms with Crippen molar-refractivity contribution in [2.75, 3.05) is 0 Å². The Morgan fingerprint density at radius 1 is 0.345 bits per heavy atom. The van der Waals surface area contributed by atoms with Gasteiger partial charge in [0.25, 0.3) is 0 Å². The summed E-state index contributed by atoms with van der Waals surface area (Å²) in [7, 11) is 0. The first kappa shape index (κ1) is 36.1. The fourth-order valence-electron chi connectivity index (χ4n) is 7.30. The van der Waals surface area contributed by atoms with Crippen molar-refractivity contribution in [2.45, 2.75) is 78.6 Å². The lowest BCUT2D eigenvalue weighted by atomic mass is 9.79. The Hall–Kier alpha value is -5.87. The summed E-state index contributed by atoms with van der Waals surface area (Å²) in [6, 6.07) is 47.0. The van der Waals surface area contributed by atoms with E-state index in [0.29, 0.717) is 17.5 Å². The van der Waals surface area contributed by atoms with Crippen molar-refractivity contribution in [1.82, 2.24) is 15.0 Å². The molecule has 0 bridgehead atoms. The fraction of sp³-hybridized carbons (Fsp3) is 0.235. The van der Waals surface area contributed by atoms with Crippen molar-refractivity contribution in [1.29, 1.82) is 0 Å². The van der Waals surface area contributed by atoms with Crippen LogP contribution in [0.3, 0.4) is 0 Å². The van der Waals surface area contributed by atoms with E-state index < -0.39 is 0 Å². The maximum atomic E-state index is 6.91. The smallest absolute Gasteiger partial charge is 0.164 e. The number of hydrogen-bond acceptors (Lipinski definition) is 4. The van der Waals surface area contributed by atoms with E-state index in [2.05, 4.69) is 159 Å². The summed E-state index contributed by atoms with van der Waals surface area (Å²) in [4.78, 5) is 15.0. The van der Waals surface area contributed by atoms with Gasteiger partial charge < -0.3 is 4.42 Å². The quantitative estimate of drug-likeness (QED) is 0.178. The molecule has 0 amide bonds. The van der Waals surface area contributed by atoms with Gasteiger partial charge in [0.1, 0.15) is 11.2 Å². The lowest BCUT2D eigenvalue weighted by molar-refractivity contribution is 0.550. The molecular formula is C51H49N3O. The molecule has 0 saturated carbocycles. The Morgan fingerprint density at radius 3 is 1.16 bits per heavy atom. The van der Waals surface area contributed by atoms with E-state index in [-0.39, 0.29) is 16.2 Å². The van der Waals surface area contributed by atoms with Gasteiger partial charge in [-0.2, -0.15) is 0 Å². The zero-order chi connectivity index (χ0) is 38.7. The van der Waals surface area contributed by atoms with Gasteiger partial charge in [-0.25, -0.2) is 15.0 Å². The lowest BCUT2D eigenvalue weighted by Gasteiger charge is -2.25. The maximum Gasteiger partial charge on any atom is 0.164 e. The molecule has 2 aromatic heterocycles. The standard InChI is InChI=1S/C51H49N3O/c1-49(2,3)39-30-41-40-28-38(29-42(50(4,5)6)44(40)55-45(41)43(31-39)51(7,8)9)34-22-26-37(27-23-34)48-53-46(35-18-14-11-15-19-35)52-47(54-48)36-24-20-33(21-25-36)32-16-12-10-13-17-32/h10-31H,1-9H3. The molecule has 8 rings (SSSR count). The van der Waals surface area contributed by atoms with E-state index in [4.69, 9.17) is 19.4 Å². The van der Waals surface area contributed by atoms with Crippen LogP contribution in [0.25, 0.3) is 78.4 Å². The highest BCUT2D eigenvalue weighted by Gasteiger charge is 2.28. The second kappa shape index (κ2) is 13.5. The first-order chi connectivity index (χ1) is 26.1. The SMILES string of the molecule is CC(C)(C)c1cc(C(C)(C)C)c2oc3c(C(C)(C)C)cc(-c4ccc(-c5nc(-c6ccccc6)nc(-c6ccc(-c7ccccc7)cc6)n5)cc4)cc3c2c1. The second-order valence-electron chi connectivity index (χ2n) is 17.8. The number of fused-ring (bicyclic) bond motifs is 3. The summed E-state index contributed by atoms with van der Waals surface area (Å²) in [5.41, 5.74) is 13.0. The predicted molar refractivity (Wildman–Crippen MR) is 230 cm³/mol. The molecule has 0 atom stereocenters. The minimum atomic E-state index is -0.134. The molecule has 0 fully saturated rings. The molecule has 0 unspecified atom stereocenters. The van der Waals surface area contributed by atoms with E-state index in [9.17, 15) is 0 Å².